The van der Waals surface area contributed by atoms with Gasteiger partial charge in [-0.25, -0.2) is 4.39 Å². The average Bonchev–Trinajstić information content (AvgIpc) is 2.19. The van der Waals surface area contributed by atoms with E-state index in [1.165, 1.54) is 16.7 Å². The van der Waals surface area contributed by atoms with Gasteiger partial charge >= 0.3 is 0 Å². The lowest BCUT2D eigenvalue weighted by molar-refractivity contribution is 0.719. The Balaban J connectivity index is 2.92. The summed E-state index contributed by atoms with van der Waals surface area (Å²) < 4.78 is 11.8. The van der Waals surface area contributed by atoms with Crippen LogP contribution in [-0.4, -0.2) is 0 Å². The zero-order valence-electron chi connectivity index (χ0n) is 7.24. The van der Waals surface area contributed by atoms with Gasteiger partial charge in [0.15, 0.2) is 0 Å². The van der Waals surface area contributed by atoms with Gasteiger partial charge in [-0.15, -0.1) is 0 Å². The standard InChI is InChI=1S/C10H13F/c1-7-6-10(4-5-11)9(3)8(7)2/h4-5H,6H2,1-3H3. The van der Waals surface area contributed by atoms with Crippen LogP contribution in [0.2, 0.25) is 0 Å². The molecular weight excluding hydrogens is 139 g/mol. The van der Waals surface area contributed by atoms with Crippen LogP contribution in [0.4, 0.5) is 4.39 Å². The van der Waals surface area contributed by atoms with Crippen LogP contribution in [0.25, 0.3) is 0 Å². The van der Waals surface area contributed by atoms with Crippen molar-refractivity contribution in [2.75, 3.05) is 0 Å². The van der Waals surface area contributed by atoms with Crippen molar-refractivity contribution in [3.8, 4) is 0 Å². The first-order valence-electron chi connectivity index (χ1n) is 3.80. The summed E-state index contributed by atoms with van der Waals surface area (Å²) in [5, 5.41) is 0. The van der Waals surface area contributed by atoms with Crippen molar-refractivity contribution in [1.29, 1.82) is 0 Å². The first-order valence-corrected chi connectivity index (χ1v) is 3.80. The maximum atomic E-state index is 11.8. The van der Waals surface area contributed by atoms with E-state index in [1.54, 1.807) is 6.08 Å². The maximum Gasteiger partial charge on any atom is 0.0869 e. The Morgan fingerprint density at radius 3 is 2.18 bits per heavy atom. The highest BCUT2D eigenvalue weighted by Crippen LogP contribution is 2.31. The van der Waals surface area contributed by atoms with Gasteiger partial charge in [-0.1, -0.05) is 5.57 Å². The molecule has 0 bridgehead atoms. The summed E-state index contributed by atoms with van der Waals surface area (Å²) >= 11 is 0. The summed E-state index contributed by atoms with van der Waals surface area (Å²) in [6.45, 7) is 6.23. The molecule has 0 saturated carbocycles. The Bertz CT molecular complexity index is 254. The molecule has 0 aromatic heterocycles. The molecule has 0 aliphatic heterocycles. The first kappa shape index (κ1) is 8.25. The van der Waals surface area contributed by atoms with E-state index in [9.17, 15) is 4.39 Å². The third-order valence-electron chi connectivity index (χ3n) is 2.40. The van der Waals surface area contributed by atoms with Crippen LogP contribution in [0.15, 0.2) is 34.7 Å². The van der Waals surface area contributed by atoms with Gasteiger partial charge in [0.05, 0.1) is 6.33 Å². The van der Waals surface area contributed by atoms with Crippen LogP contribution < -0.4 is 0 Å². The van der Waals surface area contributed by atoms with Crippen LogP contribution in [0.3, 0.4) is 0 Å². The third-order valence-corrected chi connectivity index (χ3v) is 2.40. The van der Waals surface area contributed by atoms with Crippen molar-refractivity contribution < 1.29 is 4.39 Å². The molecule has 1 rings (SSSR count). The molecule has 0 radical (unpaired) electrons. The van der Waals surface area contributed by atoms with Crippen LogP contribution in [-0.2, 0) is 0 Å². The first-order chi connectivity index (χ1) is 5.16. The topological polar surface area (TPSA) is 0 Å². The molecule has 0 heterocycles. The molecule has 0 amide bonds. The molecule has 0 aromatic carbocycles. The lowest BCUT2D eigenvalue weighted by Gasteiger charge is -1.95. The molecule has 60 valence electrons. The quantitative estimate of drug-likeness (QED) is 0.539. The van der Waals surface area contributed by atoms with Gasteiger partial charge in [0, 0.05) is 0 Å². The fourth-order valence-electron chi connectivity index (χ4n) is 1.37. The van der Waals surface area contributed by atoms with E-state index in [4.69, 9.17) is 0 Å². The molecule has 0 saturated heterocycles. The van der Waals surface area contributed by atoms with E-state index in [0.29, 0.717) is 6.33 Å². The highest BCUT2D eigenvalue weighted by Gasteiger charge is 2.12. The maximum absolute atomic E-state index is 11.8. The second kappa shape index (κ2) is 3.04. The van der Waals surface area contributed by atoms with Gasteiger partial charge in [0.1, 0.15) is 0 Å². The smallest absolute Gasteiger partial charge is 0.0869 e. The predicted molar refractivity (Wildman–Crippen MR) is 45.9 cm³/mol. The molecule has 1 aliphatic rings. The second-order valence-corrected chi connectivity index (χ2v) is 3.03. The number of hydrogen-bond donors (Lipinski definition) is 0. The molecule has 0 aromatic rings. The Kier molecular flexibility index (Phi) is 2.28. The normalized spacial score (nSPS) is 19.3. The van der Waals surface area contributed by atoms with Crippen molar-refractivity contribution >= 4 is 0 Å². The molecule has 0 nitrogen and oxygen atoms in total. The van der Waals surface area contributed by atoms with E-state index in [-0.39, 0.29) is 0 Å². The minimum atomic E-state index is 0.616. The van der Waals surface area contributed by atoms with Crippen LogP contribution >= 0.6 is 0 Å². The largest absolute Gasteiger partial charge is 0.216 e. The summed E-state index contributed by atoms with van der Waals surface area (Å²) in [5.41, 5.74) is 5.02. The minimum absolute atomic E-state index is 0.616. The highest BCUT2D eigenvalue weighted by atomic mass is 19.1. The van der Waals surface area contributed by atoms with Gasteiger partial charge in [-0.2, -0.15) is 0 Å². The molecule has 0 atom stereocenters. The van der Waals surface area contributed by atoms with E-state index >= 15 is 0 Å². The number of hydrogen-bond acceptors (Lipinski definition) is 0. The number of halogens is 1. The molecule has 11 heavy (non-hydrogen) atoms. The number of allylic oxidation sites excluding steroid dienone is 5. The van der Waals surface area contributed by atoms with Gasteiger partial charge in [0.2, 0.25) is 0 Å². The highest BCUT2D eigenvalue weighted by molar-refractivity contribution is 5.48. The van der Waals surface area contributed by atoms with Crippen LogP contribution in [0.5, 0.6) is 0 Å². The fraction of sp³-hybridized carbons (Fsp3) is 0.400. The minimum Gasteiger partial charge on any atom is -0.216 e. The van der Waals surface area contributed by atoms with Gasteiger partial charge in [0.25, 0.3) is 0 Å². The van der Waals surface area contributed by atoms with Crippen molar-refractivity contribution in [3.05, 3.63) is 34.7 Å². The number of rotatable bonds is 1. The van der Waals surface area contributed by atoms with Gasteiger partial charge in [-0.05, 0) is 50.0 Å². The summed E-state index contributed by atoms with van der Waals surface area (Å²) in [6.07, 6.45) is 3.08. The Morgan fingerprint density at radius 1 is 1.18 bits per heavy atom. The van der Waals surface area contributed by atoms with E-state index in [1.807, 2.05) is 6.92 Å². The molecule has 0 spiro atoms. The Labute approximate surface area is 67.1 Å². The van der Waals surface area contributed by atoms with Gasteiger partial charge < -0.3 is 0 Å². The van der Waals surface area contributed by atoms with Crippen molar-refractivity contribution in [3.63, 3.8) is 0 Å². The molecule has 0 fully saturated rings. The zero-order valence-corrected chi connectivity index (χ0v) is 7.24. The lowest BCUT2D eigenvalue weighted by Crippen LogP contribution is -1.76. The molecule has 0 N–H and O–H groups in total. The van der Waals surface area contributed by atoms with E-state index in [0.717, 1.165) is 12.0 Å². The van der Waals surface area contributed by atoms with Crippen LogP contribution in [0, 0.1) is 0 Å². The Morgan fingerprint density at radius 2 is 1.82 bits per heavy atom. The summed E-state index contributed by atoms with van der Waals surface area (Å²) in [7, 11) is 0. The zero-order chi connectivity index (χ0) is 8.43. The van der Waals surface area contributed by atoms with Crippen molar-refractivity contribution in [2.24, 2.45) is 0 Å². The second-order valence-electron chi connectivity index (χ2n) is 3.03. The summed E-state index contributed by atoms with van der Waals surface area (Å²) in [4.78, 5) is 0. The third kappa shape index (κ3) is 1.42. The lowest BCUT2D eigenvalue weighted by atomic mass is 10.1. The Hall–Kier alpha value is -0.850. The predicted octanol–water partition coefficient (Wildman–Crippen LogP) is 3.53. The SMILES string of the molecule is CC1=C(C)C(C)=C(C=CF)C1. The van der Waals surface area contributed by atoms with E-state index < -0.39 is 0 Å². The molecule has 1 heteroatoms. The monoisotopic (exact) mass is 152 g/mol. The van der Waals surface area contributed by atoms with Crippen molar-refractivity contribution in [1.82, 2.24) is 0 Å². The summed E-state index contributed by atoms with van der Waals surface area (Å²) in [6, 6.07) is 0. The summed E-state index contributed by atoms with van der Waals surface area (Å²) in [5.74, 6) is 0. The molecular formula is C10H13F. The average molecular weight is 152 g/mol. The molecule has 0 unspecified atom stereocenters. The van der Waals surface area contributed by atoms with E-state index in [2.05, 4.69) is 13.8 Å². The van der Waals surface area contributed by atoms with Gasteiger partial charge in [-0.3, -0.25) is 0 Å². The van der Waals surface area contributed by atoms with Crippen molar-refractivity contribution in [2.45, 2.75) is 27.2 Å². The van der Waals surface area contributed by atoms with Crippen LogP contribution in [0.1, 0.15) is 27.2 Å². The molecule has 1 aliphatic carbocycles. The fourth-order valence-corrected chi connectivity index (χ4v) is 1.37.